The fraction of sp³-hybridized carbons (Fsp3) is 0.273. The molecule has 1 aliphatic rings. The molecule has 1 aromatic rings. The molecule has 0 amide bonds. The minimum Gasteiger partial charge on any atom is -0.321 e. The molecule has 0 bridgehead atoms. The minimum absolute atomic E-state index is 0.216. The fourth-order valence-electron chi connectivity index (χ4n) is 1.94. The van der Waals surface area contributed by atoms with Crippen molar-refractivity contribution in [2.75, 3.05) is 0 Å². The second-order valence-electron chi connectivity index (χ2n) is 3.88. The van der Waals surface area contributed by atoms with E-state index in [4.69, 9.17) is 5.73 Å². The van der Waals surface area contributed by atoms with Crippen molar-refractivity contribution < 1.29 is 9.46 Å². The molecule has 0 spiro atoms. The molecule has 1 unspecified atom stereocenters. The zero-order valence-electron chi connectivity index (χ0n) is 8.26. The van der Waals surface area contributed by atoms with Crippen molar-refractivity contribution in [2.24, 2.45) is 11.7 Å². The topological polar surface area (TPSA) is 63.3 Å². The van der Waals surface area contributed by atoms with Gasteiger partial charge < -0.3 is 5.73 Å². The molecule has 1 fully saturated rings. The lowest BCUT2D eigenvalue weighted by Gasteiger charge is -2.09. The van der Waals surface area contributed by atoms with Gasteiger partial charge in [0.05, 0.1) is 5.54 Å². The summed E-state index contributed by atoms with van der Waals surface area (Å²) in [4.78, 5) is 9.18. The highest BCUT2D eigenvalue weighted by Crippen LogP contribution is 2.50. The average Bonchev–Trinajstić information content (AvgIpc) is 2.91. The van der Waals surface area contributed by atoms with E-state index >= 15 is 0 Å². The summed E-state index contributed by atoms with van der Waals surface area (Å²) in [6, 6.07) is 7.06. The van der Waals surface area contributed by atoms with E-state index in [9.17, 15) is 9.46 Å². The third-order valence-corrected chi connectivity index (χ3v) is 3.76. The van der Waals surface area contributed by atoms with Crippen molar-refractivity contribution in [3.63, 3.8) is 0 Å². The summed E-state index contributed by atoms with van der Waals surface area (Å²) in [5.41, 5.74) is 6.45. The number of benzene rings is 1. The van der Waals surface area contributed by atoms with Gasteiger partial charge in [0, 0.05) is 11.5 Å². The van der Waals surface area contributed by atoms with Gasteiger partial charge in [-0.3, -0.25) is 0 Å². The molecular formula is C11H13NO2P+. The summed E-state index contributed by atoms with van der Waals surface area (Å²) in [6.45, 7) is 3.70. The second kappa shape index (κ2) is 3.53. The van der Waals surface area contributed by atoms with Gasteiger partial charge in [-0.05, 0) is 17.1 Å². The maximum absolute atomic E-state index is 11.2. The molecule has 15 heavy (non-hydrogen) atoms. The van der Waals surface area contributed by atoms with Gasteiger partial charge in [-0.1, -0.05) is 24.3 Å². The Morgan fingerprint density at radius 1 is 1.60 bits per heavy atom. The lowest BCUT2D eigenvalue weighted by Crippen LogP contribution is -2.27. The van der Waals surface area contributed by atoms with Crippen LogP contribution in [0.25, 0.3) is 0 Å². The summed E-state index contributed by atoms with van der Waals surface area (Å²) in [7, 11) is -2.33. The Bertz CT molecular complexity index is 432. The van der Waals surface area contributed by atoms with Gasteiger partial charge in [-0.25, -0.2) is 0 Å². The molecule has 1 aliphatic carbocycles. The molecule has 2 rings (SSSR count). The standard InChI is InChI=1S/C11H12NO2P/c1-2-8-7-11(8,12)9-5-3-4-6-10(9)15(13)14/h2-6,8H,1,7,12H2/p+1/t8-,11-/m0/s1. The zero-order chi connectivity index (χ0) is 11.1. The third-order valence-electron chi connectivity index (χ3n) is 2.96. The van der Waals surface area contributed by atoms with Crippen LogP contribution in [0.15, 0.2) is 36.9 Å². The second-order valence-corrected chi connectivity index (χ2v) is 4.90. The predicted molar refractivity (Wildman–Crippen MR) is 60.1 cm³/mol. The van der Waals surface area contributed by atoms with E-state index in [0.717, 1.165) is 12.0 Å². The van der Waals surface area contributed by atoms with Gasteiger partial charge in [0.1, 0.15) is 0 Å². The largest absolute Gasteiger partial charge is 0.546 e. The number of hydrogen-bond acceptors (Lipinski definition) is 2. The highest BCUT2D eigenvalue weighted by molar-refractivity contribution is 7.47. The Morgan fingerprint density at radius 2 is 2.27 bits per heavy atom. The lowest BCUT2D eigenvalue weighted by atomic mass is 10.0. The first-order chi connectivity index (χ1) is 7.09. The molecule has 1 saturated carbocycles. The van der Waals surface area contributed by atoms with Crippen molar-refractivity contribution in [1.82, 2.24) is 0 Å². The van der Waals surface area contributed by atoms with Crippen molar-refractivity contribution in [3.8, 4) is 0 Å². The Balaban J connectivity index is 2.45. The highest BCUT2D eigenvalue weighted by Gasteiger charge is 2.53. The van der Waals surface area contributed by atoms with Gasteiger partial charge in [-0.2, -0.15) is 4.89 Å². The summed E-state index contributed by atoms with van der Waals surface area (Å²) in [5, 5.41) is 0.444. The predicted octanol–water partition coefficient (Wildman–Crippen LogP) is 1.41. The smallest absolute Gasteiger partial charge is 0.321 e. The maximum atomic E-state index is 11.2. The molecule has 3 N–H and O–H groups in total. The van der Waals surface area contributed by atoms with E-state index in [1.54, 1.807) is 18.2 Å². The van der Waals surface area contributed by atoms with E-state index in [1.807, 2.05) is 12.1 Å². The van der Waals surface area contributed by atoms with Crippen LogP contribution in [0, 0.1) is 5.92 Å². The first-order valence-corrected chi connectivity index (χ1v) is 5.98. The fourth-order valence-corrected chi connectivity index (χ4v) is 2.64. The third kappa shape index (κ3) is 1.63. The van der Waals surface area contributed by atoms with Crippen LogP contribution >= 0.6 is 8.03 Å². The SMILES string of the molecule is C=C[C@H]1C[C@@]1(N)c1ccccc1[P+](=O)O. The normalized spacial score (nSPS) is 29.7. The Kier molecular flexibility index (Phi) is 2.47. The molecular weight excluding hydrogens is 209 g/mol. The van der Waals surface area contributed by atoms with Gasteiger partial charge in [0.2, 0.25) is 5.30 Å². The Labute approximate surface area is 89.5 Å². The molecule has 0 saturated heterocycles. The van der Waals surface area contributed by atoms with Gasteiger partial charge in [-0.15, -0.1) is 6.58 Å². The van der Waals surface area contributed by atoms with Crippen LogP contribution in [0.5, 0.6) is 0 Å². The first-order valence-electron chi connectivity index (χ1n) is 4.76. The van der Waals surface area contributed by atoms with E-state index in [0.29, 0.717) is 5.30 Å². The molecule has 78 valence electrons. The van der Waals surface area contributed by atoms with E-state index < -0.39 is 13.6 Å². The molecule has 0 aliphatic heterocycles. The minimum atomic E-state index is -2.33. The maximum Gasteiger partial charge on any atom is 0.546 e. The van der Waals surface area contributed by atoms with Gasteiger partial charge >= 0.3 is 8.03 Å². The summed E-state index contributed by atoms with van der Waals surface area (Å²) in [6.07, 6.45) is 2.61. The Hall–Kier alpha value is -1.02. The number of nitrogens with two attached hydrogens (primary N) is 1. The Morgan fingerprint density at radius 3 is 2.80 bits per heavy atom. The average molecular weight is 222 g/mol. The quantitative estimate of drug-likeness (QED) is 0.600. The van der Waals surface area contributed by atoms with E-state index in [-0.39, 0.29) is 5.92 Å². The van der Waals surface area contributed by atoms with Crippen LogP contribution < -0.4 is 11.0 Å². The summed E-state index contributed by atoms with van der Waals surface area (Å²) >= 11 is 0. The highest BCUT2D eigenvalue weighted by atomic mass is 31.1. The van der Waals surface area contributed by atoms with Crippen molar-refractivity contribution in [3.05, 3.63) is 42.5 Å². The van der Waals surface area contributed by atoms with Crippen molar-refractivity contribution in [1.29, 1.82) is 0 Å². The number of hydrogen-bond donors (Lipinski definition) is 2. The monoisotopic (exact) mass is 222 g/mol. The van der Waals surface area contributed by atoms with Crippen molar-refractivity contribution in [2.45, 2.75) is 12.0 Å². The molecule has 3 nitrogen and oxygen atoms in total. The van der Waals surface area contributed by atoms with Crippen LogP contribution in [-0.2, 0) is 10.1 Å². The summed E-state index contributed by atoms with van der Waals surface area (Å²) < 4.78 is 11.2. The van der Waals surface area contributed by atoms with E-state index in [1.165, 1.54) is 0 Å². The molecule has 0 heterocycles. The van der Waals surface area contributed by atoms with Crippen LogP contribution in [0.4, 0.5) is 0 Å². The molecule has 4 heteroatoms. The van der Waals surface area contributed by atoms with E-state index in [2.05, 4.69) is 6.58 Å². The van der Waals surface area contributed by atoms with Crippen LogP contribution in [0.3, 0.4) is 0 Å². The molecule has 0 radical (unpaired) electrons. The molecule has 3 atom stereocenters. The summed E-state index contributed by atoms with van der Waals surface area (Å²) in [5.74, 6) is 0.216. The molecule has 0 aromatic heterocycles. The van der Waals surface area contributed by atoms with Gasteiger partial charge in [0.15, 0.2) is 0 Å². The molecule has 1 aromatic carbocycles. The van der Waals surface area contributed by atoms with Crippen LogP contribution in [0.1, 0.15) is 12.0 Å². The zero-order valence-corrected chi connectivity index (χ0v) is 9.15. The van der Waals surface area contributed by atoms with Crippen LogP contribution in [0.2, 0.25) is 0 Å². The van der Waals surface area contributed by atoms with Gasteiger partial charge in [0.25, 0.3) is 0 Å². The number of rotatable bonds is 3. The van der Waals surface area contributed by atoms with Crippen molar-refractivity contribution >= 4 is 13.3 Å². The first kappa shape index (κ1) is 10.5. The lowest BCUT2D eigenvalue weighted by molar-refractivity contribution is 0.512. The van der Waals surface area contributed by atoms with Crippen LogP contribution in [-0.4, -0.2) is 4.89 Å².